The summed E-state index contributed by atoms with van der Waals surface area (Å²) in [4.78, 5) is 0. The molecule has 2 N–H and O–H groups in total. The minimum absolute atomic E-state index is 0.103. The summed E-state index contributed by atoms with van der Waals surface area (Å²) in [5.41, 5.74) is 6.28. The highest BCUT2D eigenvalue weighted by molar-refractivity contribution is 14.1. The minimum Gasteiger partial charge on any atom is -0.325 e. The first-order valence-corrected chi connectivity index (χ1v) is 6.17. The molecule has 0 spiro atoms. The first-order chi connectivity index (χ1) is 5.49. The summed E-state index contributed by atoms with van der Waals surface area (Å²) < 4.78 is 0.785. The molecule has 1 rings (SSSR count). The fraction of sp³-hybridized carbons (Fsp3) is 1.00. The van der Waals surface area contributed by atoms with Gasteiger partial charge in [-0.15, -0.1) is 0 Å². The monoisotopic (exact) mass is 281 g/mol. The van der Waals surface area contributed by atoms with Gasteiger partial charge in [-0.25, -0.2) is 0 Å². The van der Waals surface area contributed by atoms with Crippen LogP contribution >= 0.6 is 22.6 Å². The first kappa shape index (κ1) is 10.8. The fourth-order valence-corrected chi connectivity index (χ4v) is 3.97. The Morgan fingerprint density at radius 1 is 1.50 bits per heavy atom. The van der Waals surface area contributed by atoms with Gasteiger partial charge in [0.2, 0.25) is 0 Å². The fourth-order valence-electron chi connectivity index (χ4n) is 2.10. The molecule has 0 saturated heterocycles. The van der Waals surface area contributed by atoms with Crippen LogP contribution in [-0.4, -0.2) is 9.46 Å². The molecule has 0 aromatic carbocycles. The number of hydrogen-bond donors (Lipinski definition) is 1. The summed E-state index contributed by atoms with van der Waals surface area (Å²) in [5, 5.41) is 0. The van der Waals surface area contributed by atoms with Crippen molar-refractivity contribution in [2.75, 3.05) is 0 Å². The van der Waals surface area contributed by atoms with Crippen LogP contribution in [0.3, 0.4) is 0 Å². The van der Waals surface area contributed by atoms with Crippen molar-refractivity contribution in [2.45, 2.75) is 55.4 Å². The van der Waals surface area contributed by atoms with Crippen molar-refractivity contribution in [2.24, 2.45) is 11.7 Å². The summed E-state index contributed by atoms with van der Waals surface area (Å²) in [7, 11) is 0. The van der Waals surface area contributed by atoms with Crippen LogP contribution in [0.5, 0.6) is 0 Å². The van der Waals surface area contributed by atoms with E-state index in [4.69, 9.17) is 5.73 Å². The second-order valence-electron chi connectivity index (χ2n) is 4.69. The zero-order valence-corrected chi connectivity index (χ0v) is 10.3. The van der Waals surface area contributed by atoms with E-state index in [0.29, 0.717) is 0 Å². The molecule has 0 aromatic rings. The van der Waals surface area contributed by atoms with Gasteiger partial charge in [-0.05, 0) is 32.1 Å². The molecule has 2 heteroatoms. The maximum atomic E-state index is 6.18. The highest BCUT2D eigenvalue weighted by atomic mass is 127. The first-order valence-electron chi connectivity index (χ1n) is 4.92. The van der Waals surface area contributed by atoms with Gasteiger partial charge in [-0.1, -0.05) is 42.4 Å². The van der Waals surface area contributed by atoms with Crippen LogP contribution < -0.4 is 5.73 Å². The van der Waals surface area contributed by atoms with Crippen LogP contribution in [-0.2, 0) is 0 Å². The summed E-state index contributed by atoms with van der Waals surface area (Å²) >= 11 is 2.56. The maximum Gasteiger partial charge on any atom is 0.0135 e. The lowest BCUT2D eigenvalue weighted by Crippen LogP contribution is -2.39. The van der Waals surface area contributed by atoms with Crippen molar-refractivity contribution in [3.05, 3.63) is 0 Å². The van der Waals surface area contributed by atoms with Crippen LogP contribution in [0.1, 0.15) is 46.0 Å². The van der Waals surface area contributed by atoms with Crippen molar-refractivity contribution in [1.29, 1.82) is 0 Å². The predicted molar refractivity (Wildman–Crippen MR) is 62.6 cm³/mol. The summed E-state index contributed by atoms with van der Waals surface area (Å²) in [6.07, 6.45) is 6.44. The maximum absolute atomic E-state index is 6.18. The Balaban J connectivity index is 2.48. The van der Waals surface area contributed by atoms with Gasteiger partial charge in [0, 0.05) is 9.46 Å². The van der Waals surface area contributed by atoms with Gasteiger partial charge < -0.3 is 5.73 Å². The third-order valence-corrected chi connectivity index (χ3v) is 3.74. The van der Waals surface area contributed by atoms with Crippen molar-refractivity contribution < 1.29 is 0 Å². The van der Waals surface area contributed by atoms with Gasteiger partial charge in [-0.2, -0.15) is 0 Å². The highest BCUT2D eigenvalue weighted by Gasteiger charge is 2.25. The van der Waals surface area contributed by atoms with E-state index in [0.717, 1.165) is 9.84 Å². The molecule has 3 unspecified atom stereocenters. The standard InChI is InChI=1S/C10H20IN/c1-8-4-3-5-10(2,12)7-9(11)6-8/h8-9H,3-7,12H2,1-2H3. The Labute approximate surface area is 89.6 Å². The van der Waals surface area contributed by atoms with Crippen molar-refractivity contribution in [3.63, 3.8) is 0 Å². The molecular weight excluding hydrogens is 261 g/mol. The van der Waals surface area contributed by atoms with E-state index in [9.17, 15) is 0 Å². The third-order valence-electron chi connectivity index (χ3n) is 2.79. The van der Waals surface area contributed by atoms with E-state index in [1.807, 2.05) is 0 Å². The molecule has 0 aromatic heterocycles. The van der Waals surface area contributed by atoms with Crippen LogP contribution in [0.4, 0.5) is 0 Å². The molecule has 1 fully saturated rings. The number of alkyl halides is 1. The largest absolute Gasteiger partial charge is 0.325 e. The Hall–Kier alpha value is 0.690. The lowest BCUT2D eigenvalue weighted by Gasteiger charge is -2.31. The molecule has 72 valence electrons. The zero-order valence-electron chi connectivity index (χ0n) is 8.15. The Morgan fingerprint density at radius 2 is 2.17 bits per heavy atom. The van der Waals surface area contributed by atoms with E-state index >= 15 is 0 Å². The van der Waals surface area contributed by atoms with Gasteiger partial charge in [0.05, 0.1) is 0 Å². The van der Waals surface area contributed by atoms with E-state index in [-0.39, 0.29) is 5.54 Å². The number of nitrogens with two attached hydrogens (primary N) is 1. The summed E-state index contributed by atoms with van der Waals surface area (Å²) in [5.74, 6) is 0.906. The molecule has 3 atom stereocenters. The topological polar surface area (TPSA) is 26.0 Å². The molecule has 0 amide bonds. The van der Waals surface area contributed by atoms with E-state index in [1.165, 1.54) is 32.1 Å². The molecule has 0 aliphatic heterocycles. The Bertz CT molecular complexity index is 145. The van der Waals surface area contributed by atoms with Crippen molar-refractivity contribution in [1.82, 2.24) is 0 Å². The molecule has 0 heterocycles. The van der Waals surface area contributed by atoms with Crippen LogP contribution in [0, 0.1) is 5.92 Å². The summed E-state index contributed by atoms with van der Waals surface area (Å²) in [6.45, 7) is 4.57. The number of halogens is 1. The molecular formula is C10H20IN. The van der Waals surface area contributed by atoms with Gasteiger partial charge in [0.25, 0.3) is 0 Å². The lowest BCUT2D eigenvalue weighted by molar-refractivity contribution is 0.317. The molecule has 12 heavy (non-hydrogen) atoms. The van der Waals surface area contributed by atoms with Crippen molar-refractivity contribution in [3.8, 4) is 0 Å². The molecule has 0 bridgehead atoms. The van der Waals surface area contributed by atoms with Crippen molar-refractivity contribution >= 4 is 22.6 Å². The smallest absolute Gasteiger partial charge is 0.0135 e. The van der Waals surface area contributed by atoms with Crippen LogP contribution in [0.2, 0.25) is 0 Å². The molecule has 0 radical (unpaired) electrons. The third kappa shape index (κ3) is 3.60. The quantitative estimate of drug-likeness (QED) is 0.536. The van der Waals surface area contributed by atoms with Gasteiger partial charge in [0.15, 0.2) is 0 Å². The SMILES string of the molecule is CC1CCCC(C)(N)CC(I)C1. The average Bonchev–Trinajstić information content (AvgIpc) is 1.81. The molecule has 1 nitrogen and oxygen atoms in total. The second kappa shape index (κ2) is 4.27. The highest BCUT2D eigenvalue weighted by Crippen LogP contribution is 2.30. The number of rotatable bonds is 0. The lowest BCUT2D eigenvalue weighted by atomic mass is 9.83. The summed E-state index contributed by atoms with van der Waals surface area (Å²) in [6, 6.07) is 0. The predicted octanol–water partition coefficient (Wildman–Crippen LogP) is 3.11. The van der Waals surface area contributed by atoms with E-state index in [1.54, 1.807) is 0 Å². The van der Waals surface area contributed by atoms with E-state index < -0.39 is 0 Å². The molecule has 1 aliphatic rings. The minimum atomic E-state index is 0.103. The van der Waals surface area contributed by atoms with Gasteiger partial charge in [0.1, 0.15) is 0 Å². The number of hydrogen-bond acceptors (Lipinski definition) is 1. The average molecular weight is 281 g/mol. The van der Waals surface area contributed by atoms with Crippen LogP contribution in [0.15, 0.2) is 0 Å². The normalized spacial score (nSPS) is 45.0. The van der Waals surface area contributed by atoms with E-state index in [2.05, 4.69) is 36.4 Å². The molecule has 1 saturated carbocycles. The van der Waals surface area contributed by atoms with Gasteiger partial charge in [-0.3, -0.25) is 0 Å². The Morgan fingerprint density at radius 3 is 2.83 bits per heavy atom. The Kier molecular flexibility index (Phi) is 3.83. The second-order valence-corrected chi connectivity index (χ2v) is 6.45. The van der Waals surface area contributed by atoms with Crippen LogP contribution in [0.25, 0.3) is 0 Å². The van der Waals surface area contributed by atoms with Gasteiger partial charge >= 0.3 is 0 Å². The molecule has 1 aliphatic carbocycles. The zero-order chi connectivity index (χ0) is 9.19.